The fourth-order valence-corrected chi connectivity index (χ4v) is 5.77. The van der Waals surface area contributed by atoms with E-state index in [0.29, 0.717) is 32.5 Å². The first kappa shape index (κ1) is 19.2. The van der Waals surface area contributed by atoms with Crippen molar-refractivity contribution in [2.24, 2.45) is 0 Å². The van der Waals surface area contributed by atoms with Crippen molar-refractivity contribution in [3.05, 3.63) is 47.4 Å². The van der Waals surface area contributed by atoms with Gasteiger partial charge in [-0.1, -0.05) is 0 Å². The molecule has 11 heteroatoms. The molecule has 0 unspecified atom stereocenters. The smallest absolute Gasteiger partial charge is 0.210 e. The molecule has 2 aromatic carbocycles. The lowest BCUT2D eigenvalue weighted by atomic mass is 10.1. The molecule has 8 nitrogen and oxygen atoms in total. The van der Waals surface area contributed by atoms with Crippen LogP contribution in [0.25, 0.3) is 21.1 Å². The second-order valence-corrected chi connectivity index (χ2v) is 9.81. The lowest BCUT2D eigenvalue weighted by molar-refractivity contribution is 0.597. The van der Waals surface area contributed by atoms with Crippen LogP contribution in [0.4, 0.5) is 22.7 Å². The van der Waals surface area contributed by atoms with Crippen LogP contribution in [0.5, 0.6) is 0 Å². The maximum atomic E-state index is 13.5. The van der Waals surface area contributed by atoms with E-state index in [1.165, 1.54) is 46.9 Å². The van der Waals surface area contributed by atoms with Gasteiger partial charge >= 0.3 is 0 Å². The van der Waals surface area contributed by atoms with Crippen LogP contribution < -0.4 is 22.9 Å². The van der Waals surface area contributed by atoms with Crippen LogP contribution in [-0.2, 0) is 9.84 Å². The van der Waals surface area contributed by atoms with Gasteiger partial charge in [-0.15, -0.1) is 22.7 Å². The molecule has 0 saturated heterocycles. The number of thiazole rings is 2. The van der Waals surface area contributed by atoms with E-state index in [4.69, 9.17) is 22.9 Å². The highest BCUT2D eigenvalue weighted by Gasteiger charge is 2.27. The predicted octanol–water partition coefficient (Wildman–Crippen LogP) is 3.10. The lowest BCUT2D eigenvalue weighted by Gasteiger charge is -2.14. The number of rotatable bonds is 4. The third-order valence-corrected chi connectivity index (χ3v) is 7.75. The minimum atomic E-state index is -4.07. The number of nitrogens with zero attached hydrogens (tertiary/aromatic N) is 2. The van der Waals surface area contributed by atoms with Gasteiger partial charge in [-0.05, 0) is 24.3 Å². The third kappa shape index (κ3) is 3.28. The molecule has 0 atom stereocenters. The van der Waals surface area contributed by atoms with E-state index >= 15 is 0 Å². The number of nitrogens with two attached hydrogens (primary N) is 4. The van der Waals surface area contributed by atoms with E-state index in [9.17, 15) is 8.42 Å². The van der Waals surface area contributed by atoms with Crippen molar-refractivity contribution in [3.63, 3.8) is 0 Å². The van der Waals surface area contributed by atoms with Gasteiger partial charge in [-0.2, -0.15) is 0 Å². The third-order valence-electron chi connectivity index (χ3n) is 4.27. The Balaban J connectivity index is 1.93. The summed E-state index contributed by atoms with van der Waals surface area (Å²) < 4.78 is 26.9. The SMILES string of the molecule is Nc1cc(N)c(S(=O)(=O)c2cc(-c3nccs3)c(N)cc2N)cc1-c1nccs1. The summed E-state index contributed by atoms with van der Waals surface area (Å²) in [6.07, 6.45) is 3.23. The van der Waals surface area contributed by atoms with E-state index in [0.717, 1.165) is 0 Å². The van der Waals surface area contributed by atoms with Gasteiger partial charge < -0.3 is 22.9 Å². The summed E-state index contributed by atoms with van der Waals surface area (Å²) in [6, 6.07) is 5.69. The van der Waals surface area contributed by atoms with Crippen molar-refractivity contribution < 1.29 is 8.42 Å². The van der Waals surface area contributed by atoms with Crippen LogP contribution in [0.15, 0.2) is 57.2 Å². The molecule has 8 N–H and O–H groups in total. The predicted molar refractivity (Wildman–Crippen MR) is 118 cm³/mol. The van der Waals surface area contributed by atoms with Gasteiger partial charge in [0.05, 0.1) is 21.2 Å². The second kappa shape index (κ2) is 7.03. The monoisotopic (exact) mass is 444 g/mol. The average molecular weight is 445 g/mol. The lowest BCUT2D eigenvalue weighted by Crippen LogP contribution is -2.10. The largest absolute Gasteiger partial charge is 0.398 e. The zero-order valence-corrected chi connectivity index (χ0v) is 17.3. The quantitative estimate of drug-likeness (QED) is 0.349. The van der Waals surface area contributed by atoms with E-state index in [-0.39, 0.29) is 21.2 Å². The minimum absolute atomic E-state index is 0.0230. The Kier molecular flexibility index (Phi) is 4.65. The van der Waals surface area contributed by atoms with E-state index in [1.54, 1.807) is 23.2 Å². The van der Waals surface area contributed by atoms with Crippen LogP contribution in [0.2, 0.25) is 0 Å². The molecular weight excluding hydrogens is 428 g/mol. The zero-order chi connectivity index (χ0) is 20.8. The Morgan fingerprint density at radius 1 is 0.655 bits per heavy atom. The van der Waals surface area contributed by atoms with Gasteiger partial charge in [0.1, 0.15) is 10.0 Å². The van der Waals surface area contributed by atoms with Gasteiger partial charge in [-0.25, -0.2) is 18.4 Å². The van der Waals surface area contributed by atoms with Gasteiger partial charge in [0.15, 0.2) is 0 Å². The highest BCUT2D eigenvalue weighted by molar-refractivity contribution is 7.91. The Bertz CT molecular complexity index is 1200. The summed E-state index contributed by atoms with van der Waals surface area (Å²) in [5.41, 5.74) is 25.8. The summed E-state index contributed by atoms with van der Waals surface area (Å²) in [5.74, 6) is 0. The summed E-state index contributed by atoms with van der Waals surface area (Å²) >= 11 is 2.68. The van der Waals surface area contributed by atoms with Gasteiger partial charge in [0, 0.05) is 45.7 Å². The van der Waals surface area contributed by atoms with Crippen molar-refractivity contribution in [1.82, 2.24) is 9.97 Å². The van der Waals surface area contributed by atoms with Crippen LogP contribution in [0, 0.1) is 0 Å². The van der Waals surface area contributed by atoms with Gasteiger partial charge in [0.25, 0.3) is 0 Å². The fraction of sp³-hybridized carbons (Fsp3) is 0. The molecule has 4 rings (SSSR count). The minimum Gasteiger partial charge on any atom is -0.398 e. The molecule has 2 aromatic heterocycles. The van der Waals surface area contributed by atoms with Crippen molar-refractivity contribution in [3.8, 4) is 21.1 Å². The van der Waals surface area contributed by atoms with E-state index in [1.807, 2.05) is 0 Å². The number of nitrogen functional groups attached to an aromatic ring is 4. The number of benzene rings is 2. The van der Waals surface area contributed by atoms with E-state index < -0.39 is 9.84 Å². The topological polar surface area (TPSA) is 164 Å². The Hall–Kier alpha value is -3.15. The van der Waals surface area contributed by atoms with Crippen molar-refractivity contribution in [1.29, 1.82) is 0 Å². The molecule has 0 fully saturated rings. The number of hydrogen-bond acceptors (Lipinski definition) is 10. The molecule has 0 bridgehead atoms. The Morgan fingerprint density at radius 3 is 1.41 bits per heavy atom. The average Bonchev–Trinajstić information content (AvgIpc) is 3.35. The van der Waals surface area contributed by atoms with E-state index in [2.05, 4.69) is 9.97 Å². The molecular formula is C18H16N6O2S3. The first-order chi connectivity index (χ1) is 13.8. The Morgan fingerprint density at radius 2 is 1.07 bits per heavy atom. The van der Waals surface area contributed by atoms with Crippen molar-refractivity contribution >= 4 is 55.3 Å². The first-order valence-electron chi connectivity index (χ1n) is 8.22. The molecule has 4 aromatic rings. The molecule has 148 valence electrons. The van der Waals surface area contributed by atoms with Crippen LogP contribution in [0.3, 0.4) is 0 Å². The molecule has 0 aliphatic carbocycles. The van der Waals surface area contributed by atoms with Crippen LogP contribution in [0.1, 0.15) is 0 Å². The fourth-order valence-electron chi connectivity index (χ4n) is 2.90. The zero-order valence-electron chi connectivity index (χ0n) is 14.9. The van der Waals surface area contributed by atoms with Crippen LogP contribution in [-0.4, -0.2) is 18.4 Å². The maximum Gasteiger partial charge on any atom is 0.210 e. The molecule has 0 spiro atoms. The number of hydrogen-bond donors (Lipinski definition) is 4. The van der Waals surface area contributed by atoms with Gasteiger partial charge in [-0.3, -0.25) is 0 Å². The highest BCUT2D eigenvalue weighted by atomic mass is 32.2. The van der Waals surface area contributed by atoms with Crippen LogP contribution >= 0.6 is 22.7 Å². The molecule has 0 aliphatic heterocycles. The molecule has 0 radical (unpaired) electrons. The number of aromatic nitrogens is 2. The second-order valence-electron chi connectivity index (χ2n) is 6.13. The van der Waals surface area contributed by atoms with Gasteiger partial charge in [0.2, 0.25) is 9.84 Å². The summed E-state index contributed by atoms with van der Waals surface area (Å²) in [6.45, 7) is 0. The number of sulfone groups is 1. The molecule has 29 heavy (non-hydrogen) atoms. The van der Waals surface area contributed by atoms with Crippen molar-refractivity contribution in [2.75, 3.05) is 22.9 Å². The standard InChI is InChI=1S/C18H16N6O2S3/c19-11-7-13(21)15(5-9(11)17-23-1-3-27-17)29(25,26)16-6-10(12(20)8-14(16)22)18-24-2-4-28-18/h1-8H,19-22H2. The molecule has 0 saturated carbocycles. The summed E-state index contributed by atoms with van der Waals surface area (Å²) in [7, 11) is -4.07. The Labute approximate surface area is 174 Å². The normalized spacial score (nSPS) is 11.6. The first-order valence-corrected chi connectivity index (χ1v) is 11.5. The summed E-state index contributed by atoms with van der Waals surface area (Å²) in [5, 5.41) is 4.73. The molecule has 2 heterocycles. The number of anilines is 4. The van der Waals surface area contributed by atoms with Crippen molar-refractivity contribution in [2.45, 2.75) is 9.79 Å². The summed E-state index contributed by atoms with van der Waals surface area (Å²) in [4.78, 5) is 8.21. The molecule has 0 amide bonds. The molecule has 0 aliphatic rings. The highest BCUT2D eigenvalue weighted by Crippen LogP contribution is 2.40. The maximum absolute atomic E-state index is 13.5.